The summed E-state index contributed by atoms with van der Waals surface area (Å²) in [6.07, 6.45) is 0. The van der Waals surface area contributed by atoms with Crippen LogP contribution in [0.15, 0.2) is 42.5 Å². The lowest BCUT2D eigenvalue weighted by Crippen LogP contribution is -2.24. The van der Waals surface area contributed by atoms with Crippen molar-refractivity contribution in [2.75, 3.05) is 6.54 Å². The first kappa shape index (κ1) is 14.8. The van der Waals surface area contributed by atoms with E-state index in [-0.39, 0.29) is 5.91 Å². The molecule has 1 aromatic carbocycles. The number of amides is 1. The van der Waals surface area contributed by atoms with Crippen LogP contribution >= 0.6 is 0 Å². The van der Waals surface area contributed by atoms with Crippen molar-refractivity contribution < 1.29 is 4.79 Å². The number of carbonyl (C=O) groups is 1. The first-order chi connectivity index (χ1) is 10.2. The Bertz CT molecular complexity index is 698. The van der Waals surface area contributed by atoms with E-state index >= 15 is 0 Å². The van der Waals surface area contributed by atoms with Gasteiger partial charge in [-0.25, -0.2) is 4.98 Å². The van der Waals surface area contributed by atoms with E-state index < -0.39 is 0 Å². The van der Waals surface area contributed by atoms with Gasteiger partial charge in [-0.1, -0.05) is 36.1 Å². The van der Waals surface area contributed by atoms with Gasteiger partial charge >= 0.3 is 0 Å². The van der Waals surface area contributed by atoms with E-state index in [1.807, 2.05) is 43.3 Å². The van der Waals surface area contributed by atoms with E-state index in [0.29, 0.717) is 18.8 Å². The summed E-state index contributed by atoms with van der Waals surface area (Å²) in [5.74, 6) is 5.63. The molecule has 4 nitrogen and oxygen atoms in total. The molecule has 106 valence electrons. The maximum atomic E-state index is 12.1. The smallest absolute Gasteiger partial charge is 0.270 e. The lowest BCUT2D eigenvalue weighted by atomic mass is 10.1. The number of carbonyl (C=O) groups excluding carboxylic acids is 1. The van der Waals surface area contributed by atoms with Gasteiger partial charge in [-0.05, 0) is 30.7 Å². The Hall–Kier alpha value is -2.64. The number of rotatable bonds is 3. The number of nitrogens with one attached hydrogen (secondary N) is 1. The highest BCUT2D eigenvalue weighted by Gasteiger charge is 2.07. The van der Waals surface area contributed by atoms with Crippen LogP contribution in [-0.2, 0) is 6.54 Å². The van der Waals surface area contributed by atoms with Crippen LogP contribution in [0.3, 0.4) is 0 Å². The molecule has 0 unspecified atom stereocenters. The summed E-state index contributed by atoms with van der Waals surface area (Å²) in [6, 6.07) is 13.0. The number of hydrogen-bond acceptors (Lipinski definition) is 3. The van der Waals surface area contributed by atoms with Crippen LogP contribution in [0.25, 0.3) is 0 Å². The molecular formula is C17H17N3O. The van der Waals surface area contributed by atoms with Gasteiger partial charge in [-0.15, -0.1) is 0 Å². The molecule has 2 rings (SSSR count). The third kappa shape index (κ3) is 4.16. The summed E-state index contributed by atoms with van der Waals surface area (Å²) in [4.78, 5) is 16.3. The maximum Gasteiger partial charge on any atom is 0.270 e. The molecule has 21 heavy (non-hydrogen) atoms. The van der Waals surface area contributed by atoms with Crippen molar-refractivity contribution in [3.8, 4) is 11.8 Å². The molecule has 4 heteroatoms. The van der Waals surface area contributed by atoms with E-state index in [1.165, 1.54) is 0 Å². The maximum absolute atomic E-state index is 12.1. The van der Waals surface area contributed by atoms with Crippen molar-refractivity contribution >= 4 is 5.91 Å². The molecular weight excluding hydrogens is 262 g/mol. The number of pyridine rings is 1. The van der Waals surface area contributed by atoms with Gasteiger partial charge in [0.15, 0.2) is 0 Å². The molecule has 0 saturated carbocycles. The standard InChI is InChI=1S/C17H17N3O/c1-13-6-4-10-16(20-13)17(21)19-12-15-8-3-2-7-14(15)9-5-11-18/h2-4,6-8,10H,11-12,18H2,1H3,(H,19,21). The first-order valence-corrected chi connectivity index (χ1v) is 6.69. The summed E-state index contributed by atoms with van der Waals surface area (Å²) in [5, 5.41) is 2.86. The number of nitrogens with zero attached hydrogens (tertiary/aromatic N) is 1. The van der Waals surface area contributed by atoms with Gasteiger partial charge in [0.1, 0.15) is 5.69 Å². The van der Waals surface area contributed by atoms with E-state index in [9.17, 15) is 4.79 Å². The highest BCUT2D eigenvalue weighted by atomic mass is 16.1. The molecule has 0 spiro atoms. The van der Waals surface area contributed by atoms with Crippen molar-refractivity contribution in [3.05, 3.63) is 65.0 Å². The van der Waals surface area contributed by atoms with Crippen LogP contribution < -0.4 is 11.1 Å². The highest BCUT2D eigenvalue weighted by molar-refractivity contribution is 5.92. The quantitative estimate of drug-likeness (QED) is 0.839. The zero-order valence-electron chi connectivity index (χ0n) is 11.9. The summed E-state index contributed by atoms with van der Waals surface area (Å²) < 4.78 is 0. The van der Waals surface area contributed by atoms with E-state index in [1.54, 1.807) is 6.07 Å². The lowest BCUT2D eigenvalue weighted by molar-refractivity contribution is 0.0945. The van der Waals surface area contributed by atoms with Crippen LogP contribution in [0, 0.1) is 18.8 Å². The van der Waals surface area contributed by atoms with E-state index in [2.05, 4.69) is 22.1 Å². The topological polar surface area (TPSA) is 68.0 Å². The highest BCUT2D eigenvalue weighted by Crippen LogP contribution is 2.07. The van der Waals surface area contributed by atoms with Crippen LogP contribution in [-0.4, -0.2) is 17.4 Å². The van der Waals surface area contributed by atoms with Gasteiger partial charge in [0, 0.05) is 17.8 Å². The molecule has 0 fully saturated rings. The van der Waals surface area contributed by atoms with Crippen molar-refractivity contribution in [3.63, 3.8) is 0 Å². The third-order valence-electron chi connectivity index (χ3n) is 2.90. The van der Waals surface area contributed by atoms with Crippen LogP contribution in [0.5, 0.6) is 0 Å². The van der Waals surface area contributed by atoms with Gasteiger partial charge in [0.25, 0.3) is 5.91 Å². The monoisotopic (exact) mass is 279 g/mol. The first-order valence-electron chi connectivity index (χ1n) is 6.69. The molecule has 1 aromatic heterocycles. The Morgan fingerprint density at radius 3 is 2.81 bits per heavy atom. The second-order valence-corrected chi connectivity index (χ2v) is 4.51. The largest absolute Gasteiger partial charge is 0.347 e. The van der Waals surface area contributed by atoms with Gasteiger partial charge < -0.3 is 11.1 Å². The Kier molecular flexibility index (Phi) is 5.08. The predicted octanol–water partition coefficient (Wildman–Crippen LogP) is 1.63. The lowest BCUT2D eigenvalue weighted by Gasteiger charge is -2.07. The van der Waals surface area contributed by atoms with Gasteiger partial charge in [-0.3, -0.25) is 4.79 Å². The summed E-state index contributed by atoms with van der Waals surface area (Å²) >= 11 is 0. The Labute approximate surface area is 124 Å². The Morgan fingerprint density at radius 2 is 2.05 bits per heavy atom. The summed E-state index contributed by atoms with van der Waals surface area (Å²) in [5.41, 5.74) is 8.45. The Morgan fingerprint density at radius 1 is 1.24 bits per heavy atom. The number of aryl methyl sites for hydroxylation is 1. The average Bonchev–Trinajstić information content (AvgIpc) is 2.51. The van der Waals surface area contributed by atoms with Crippen molar-refractivity contribution in [2.45, 2.75) is 13.5 Å². The second-order valence-electron chi connectivity index (χ2n) is 4.51. The van der Waals surface area contributed by atoms with Crippen molar-refractivity contribution in [1.82, 2.24) is 10.3 Å². The van der Waals surface area contributed by atoms with Crippen molar-refractivity contribution in [2.24, 2.45) is 5.73 Å². The van der Waals surface area contributed by atoms with Crippen molar-refractivity contribution in [1.29, 1.82) is 0 Å². The minimum Gasteiger partial charge on any atom is -0.347 e. The molecule has 0 bridgehead atoms. The normalized spacial score (nSPS) is 9.62. The number of aromatic nitrogens is 1. The summed E-state index contributed by atoms with van der Waals surface area (Å²) in [7, 11) is 0. The van der Waals surface area contributed by atoms with Gasteiger partial charge in [0.05, 0.1) is 6.54 Å². The fraction of sp³-hybridized carbons (Fsp3) is 0.176. The van der Waals surface area contributed by atoms with E-state index in [4.69, 9.17) is 5.73 Å². The van der Waals surface area contributed by atoms with E-state index in [0.717, 1.165) is 16.8 Å². The fourth-order valence-electron chi connectivity index (χ4n) is 1.88. The number of nitrogens with two attached hydrogens (primary N) is 1. The molecule has 3 N–H and O–H groups in total. The number of hydrogen-bond donors (Lipinski definition) is 2. The fourth-order valence-corrected chi connectivity index (χ4v) is 1.88. The van der Waals surface area contributed by atoms with Crippen LogP contribution in [0.1, 0.15) is 27.3 Å². The zero-order valence-corrected chi connectivity index (χ0v) is 11.9. The van der Waals surface area contributed by atoms with Gasteiger partial charge in [0.2, 0.25) is 0 Å². The molecule has 0 aliphatic heterocycles. The molecule has 0 atom stereocenters. The minimum absolute atomic E-state index is 0.194. The van der Waals surface area contributed by atoms with Crippen LogP contribution in [0.4, 0.5) is 0 Å². The van der Waals surface area contributed by atoms with Crippen LogP contribution in [0.2, 0.25) is 0 Å². The SMILES string of the molecule is Cc1cccc(C(=O)NCc2ccccc2C#CCN)n1. The number of benzene rings is 1. The zero-order chi connectivity index (χ0) is 15.1. The molecule has 1 amide bonds. The molecule has 0 aliphatic carbocycles. The third-order valence-corrected chi connectivity index (χ3v) is 2.90. The predicted molar refractivity (Wildman–Crippen MR) is 82.5 cm³/mol. The summed E-state index contributed by atoms with van der Waals surface area (Å²) in [6.45, 7) is 2.58. The molecule has 0 radical (unpaired) electrons. The molecule has 0 aliphatic rings. The molecule has 1 heterocycles. The average molecular weight is 279 g/mol. The molecule has 0 saturated heterocycles. The molecule has 2 aromatic rings. The Balaban J connectivity index is 2.08. The second kappa shape index (κ2) is 7.22. The van der Waals surface area contributed by atoms with Gasteiger partial charge in [-0.2, -0.15) is 0 Å². The minimum atomic E-state index is -0.194.